The number of nitrogens with one attached hydrogen (secondary N) is 2. The molecule has 13 heteroatoms. The van der Waals surface area contributed by atoms with E-state index in [1.807, 2.05) is 6.07 Å². The van der Waals surface area contributed by atoms with Crippen LogP contribution in [0.1, 0.15) is 78.2 Å². The maximum Gasteiger partial charge on any atom is 0.272 e. The number of benzene rings is 1. The molecule has 1 fully saturated rings. The van der Waals surface area contributed by atoms with Gasteiger partial charge in [0.05, 0.1) is 26.7 Å². The lowest BCUT2D eigenvalue weighted by atomic mass is 10.0. The van der Waals surface area contributed by atoms with Crippen LogP contribution in [0.25, 0.3) is 0 Å². The average Bonchev–Trinajstić information content (AvgIpc) is 3.63. The lowest BCUT2D eigenvalue weighted by molar-refractivity contribution is -0.125. The van der Waals surface area contributed by atoms with Crippen LogP contribution in [0.15, 0.2) is 24.3 Å². The van der Waals surface area contributed by atoms with Crippen molar-refractivity contribution >= 4 is 27.6 Å². The van der Waals surface area contributed by atoms with Gasteiger partial charge in [-0.25, -0.2) is 8.42 Å². The average molecular weight is 584 g/mol. The Balaban J connectivity index is 1.46. The number of nitriles is 1. The molecule has 3 amide bonds. The second-order valence-electron chi connectivity index (χ2n) is 12.1. The molecule has 1 saturated carbocycles. The first kappa shape index (κ1) is 30.2. The molecule has 0 bridgehead atoms. The third-order valence-corrected chi connectivity index (χ3v) is 11.1. The number of carbonyl (C=O) groups is 3. The molecule has 0 spiro atoms. The number of carbonyl (C=O) groups excluding carboxylic acids is 3. The van der Waals surface area contributed by atoms with E-state index < -0.39 is 36.7 Å². The van der Waals surface area contributed by atoms with Gasteiger partial charge in [-0.05, 0) is 64.7 Å². The first-order valence-corrected chi connectivity index (χ1v) is 14.9. The molecule has 4 rings (SSSR count). The van der Waals surface area contributed by atoms with Crippen molar-refractivity contribution in [1.29, 1.82) is 5.26 Å². The van der Waals surface area contributed by atoms with Gasteiger partial charge in [-0.15, -0.1) is 0 Å². The Hall–Kier alpha value is -3.76. The van der Waals surface area contributed by atoms with E-state index in [1.54, 1.807) is 59.0 Å². The number of nitrogens with two attached hydrogens (primary N) is 1. The number of rotatable bonds is 10. The number of hydrogen-bond acceptors (Lipinski definition) is 8. The number of fused-ring (bicyclic) bond motifs is 1. The molecular weight excluding hydrogens is 546 g/mol. The van der Waals surface area contributed by atoms with Gasteiger partial charge in [0.1, 0.15) is 5.69 Å². The molecule has 0 saturated heterocycles. The van der Waals surface area contributed by atoms with Gasteiger partial charge in [-0.1, -0.05) is 12.1 Å². The minimum absolute atomic E-state index is 0.0266. The summed E-state index contributed by atoms with van der Waals surface area (Å²) in [4.78, 5) is 40.3. The second-order valence-corrected chi connectivity index (χ2v) is 15.1. The van der Waals surface area contributed by atoms with Crippen molar-refractivity contribution in [2.45, 2.75) is 68.5 Å². The van der Waals surface area contributed by atoms with Crippen molar-refractivity contribution in [2.75, 3.05) is 19.6 Å². The first-order valence-electron chi connectivity index (χ1n) is 13.5. The summed E-state index contributed by atoms with van der Waals surface area (Å²) in [6.07, 6.45) is 1.19. The Morgan fingerprint density at radius 1 is 1.15 bits per heavy atom. The zero-order chi connectivity index (χ0) is 30.4. The number of nitrogens with zero attached hydrogens (tertiary/aromatic N) is 4. The summed E-state index contributed by atoms with van der Waals surface area (Å²) in [5.41, 5.74) is 6.99. The van der Waals surface area contributed by atoms with Gasteiger partial charge in [-0.3, -0.25) is 19.1 Å². The summed E-state index contributed by atoms with van der Waals surface area (Å²) < 4.78 is 26.6. The van der Waals surface area contributed by atoms with E-state index in [0.717, 1.165) is 5.56 Å². The molecule has 2 aromatic rings. The van der Waals surface area contributed by atoms with Gasteiger partial charge in [0.25, 0.3) is 11.8 Å². The summed E-state index contributed by atoms with van der Waals surface area (Å²) in [7, 11) is -2.19. The Morgan fingerprint density at radius 2 is 1.78 bits per heavy atom. The Kier molecular flexibility index (Phi) is 7.79. The van der Waals surface area contributed by atoms with E-state index in [2.05, 4.69) is 15.7 Å². The Labute approximate surface area is 240 Å². The zero-order valence-corrected chi connectivity index (χ0v) is 24.9. The highest BCUT2D eigenvalue weighted by Gasteiger charge is 2.61. The molecule has 2 aliphatic rings. The molecule has 1 aromatic heterocycles. The van der Waals surface area contributed by atoms with Crippen LogP contribution in [0.5, 0.6) is 0 Å². The molecule has 220 valence electrons. The predicted octanol–water partition coefficient (Wildman–Crippen LogP) is 0.800. The van der Waals surface area contributed by atoms with Crippen molar-refractivity contribution < 1.29 is 22.8 Å². The molecule has 12 nitrogen and oxygen atoms in total. The van der Waals surface area contributed by atoms with E-state index in [4.69, 9.17) is 11.0 Å². The van der Waals surface area contributed by atoms with Gasteiger partial charge in [-0.2, -0.15) is 10.4 Å². The molecule has 1 aliphatic heterocycles. The minimum Gasteiger partial charge on any atom is -0.353 e. The van der Waals surface area contributed by atoms with E-state index in [9.17, 15) is 22.8 Å². The lowest BCUT2D eigenvalue weighted by Gasteiger charge is -2.35. The number of aryl methyl sites for hydroxylation is 1. The third-order valence-electron chi connectivity index (χ3n) is 7.86. The number of amides is 3. The molecular formula is C28H37N7O5S. The highest BCUT2D eigenvalue weighted by atomic mass is 32.2. The van der Waals surface area contributed by atoms with E-state index in [-0.39, 0.29) is 43.5 Å². The minimum atomic E-state index is -3.78. The summed E-state index contributed by atoms with van der Waals surface area (Å²) in [6, 6.07) is 8.89. The fraction of sp³-hybridized carbons (Fsp3) is 0.536. The van der Waals surface area contributed by atoms with Crippen LogP contribution >= 0.6 is 0 Å². The lowest BCUT2D eigenvalue weighted by Crippen LogP contribution is -2.56. The third kappa shape index (κ3) is 5.71. The fourth-order valence-electron chi connectivity index (χ4n) is 5.07. The van der Waals surface area contributed by atoms with Gasteiger partial charge in [0.15, 0.2) is 15.5 Å². The molecule has 41 heavy (non-hydrogen) atoms. The van der Waals surface area contributed by atoms with Gasteiger partial charge >= 0.3 is 0 Å². The van der Waals surface area contributed by atoms with Gasteiger partial charge < -0.3 is 21.3 Å². The largest absolute Gasteiger partial charge is 0.353 e. The van der Waals surface area contributed by atoms with Crippen molar-refractivity contribution in [1.82, 2.24) is 25.3 Å². The highest BCUT2D eigenvalue weighted by molar-refractivity contribution is 7.94. The van der Waals surface area contributed by atoms with Crippen LogP contribution in [-0.4, -0.2) is 75.5 Å². The zero-order valence-electron chi connectivity index (χ0n) is 24.1. The van der Waals surface area contributed by atoms with Crippen LogP contribution in [0.3, 0.4) is 0 Å². The molecule has 1 aromatic carbocycles. The monoisotopic (exact) mass is 583 g/mol. The Bertz CT molecular complexity index is 1520. The van der Waals surface area contributed by atoms with E-state index >= 15 is 0 Å². The number of hydrogen-bond donors (Lipinski definition) is 3. The quantitative estimate of drug-likeness (QED) is 0.367. The summed E-state index contributed by atoms with van der Waals surface area (Å²) in [5, 5.41) is 18.7. The van der Waals surface area contributed by atoms with Gasteiger partial charge in [0, 0.05) is 38.8 Å². The van der Waals surface area contributed by atoms with E-state index in [0.29, 0.717) is 30.4 Å². The standard InChI is InChI=1S/C28H37N7O5S/c1-26(2,16-32-25(38)27(3,4)30)41(39,40)28(11-12-28)17-35-13-10-20-21(33-34(5)22(20)24(35)37)23(36)31-15-19-8-6-18(14-29)7-9-19/h6-9H,10-13,15-17,30H2,1-5H3,(H,31,36)(H,32,38). The molecule has 0 atom stereocenters. The first-order chi connectivity index (χ1) is 19.0. The maximum atomic E-state index is 13.8. The van der Waals surface area contributed by atoms with Crippen LogP contribution in [0, 0.1) is 11.3 Å². The highest BCUT2D eigenvalue weighted by Crippen LogP contribution is 2.49. The Morgan fingerprint density at radius 3 is 2.34 bits per heavy atom. The van der Waals surface area contributed by atoms with Crippen LogP contribution in [0.4, 0.5) is 0 Å². The number of aromatic nitrogens is 2. The topological polar surface area (TPSA) is 180 Å². The van der Waals surface area contributed by atoms with Crippen LogP contribution in [0.2, 0.25) is 0 Å². The predicted molar refractivity (Wildman–Crippen MR) is 151 cm³/mol. The molecule has 2 heterocycles. The van der Waals surface area contributed by atoms with Crippen molar-refractivity contribution in [3.8, 4) is 6.07 Å². The molecule has 0 radical (unpaired) electrons. The maximum absolute atomic E-state index is 13.8. The molecule has 4 N–H and O–H groups in total. The van der Waals surface area contributed by atoms with Crippen LogP contribution in [-0.2, 0) is 34.6 Å². The molecule has 1 aliphatic carbocycles. The van der Waals surface area contributed by atoms with Crippen molar-refractivity contribution in [3.63, 3.8) is 0 Å². The fourth-order valence-corrected chi connectivity index (χ4v) is 7.47. The number of sulfone groups is 1. The summed E-state index contributed by atoms with van der Waals surface area (Å²) in [5.74, 6) is -1.24. The normalized spacial score (nSPS) is 16.5. The van der Waals surface area contributed by atoms with Gasteiger partial charge in [0.2, 0.25) is 5.91 Å². The second kappa shape index (κ2) is 10.6. The summed E-state index contributed by atoms with van der Waals surface area (Å²) in [6.45, 7) is 6.66. The smallest absolute Gasteiger partial charge is 0.272 e. The SMILES string of the molecule is Cn1nc(C(=O)NCc2ccc(C#N)cc2)c2c1C(=O)N(CC1(S(=O)(=O)C(C)(C)CNC(=O)C(C)(C)N)CC1)CC2. The van der Waals surface area contributed by atoms with Crippen molar-refractivity contribution in [2.24, 2.45) is 12.8 Å². The van der Waals surface area contributed by atoms with E-state index in [1.165, 1.54) is 9.58 Å². The van der Waals surface area contributed by atoms with Crippen LogP contribution < -0.4 is 16.4 Å². The molecule has 0 unspecified atom stereocenters. The van der Waals surface area contributed by atoms with Crippen molar-refractivity contribution in [3.05, 3.63) is 52.3 Å². The summed E-state index contributed by atoms with van der Waals surface area (Å²) >= 11 is 0.